The molecule has 1 fully saturated rings. The van der Waals surface area contributed by atoms with Crippen LogP contribution in [0.1, 0.15) is 24.0 Å². The molecule has 154 valence electrons. The van der Waals surface area contributed by atoms with E-state index in [0.717, 1.165) is 36.9 Å². The number of hydrogen-bond acceptors (Lipinski definition) is 5. The van der Waals surface area contributed by atoms with E-state index in [9.17, 15) is 9.18 Å². The van der Waals surface area contributed by atoms with Gasteiger partial charge in [-0.25, -0.2) is 9.82 Å². The summed E-state index contributed by atoms with van der Waals surface area (Å²) in [7, 11) is 0. The number of carbonyl (C=O) groups is 1. The number of para-hydroxylation sites is 1. The van der Waals surface area contributed by atoms with Crippen molar-refractivity contribution in [1.82, 2.24) is 10.4 Å². The molecule has 30 heavy (non-hydrogen) atoms. The lowest BCUT2D eigenvalue weighted by Crippen LogP contribution is -2.24. The third-order valence-corrected chi connectivity index (χ3v) is 5.13. The van der Waals surface area contributed by atoms with Gasteiger partial charge in [0, 0.05) is 30.2 Å². The number of nitrogens with one attached hydrogen (secondary N) is 1. The Morgan fingerprint density at radius 1 is 1.27 bits per heavy atom. The lowest BCUT2D eigenvalue weighted by atomic mass is 10.1. The molecular formula is C23H23FN4O2. The predicted molar refractivity (Wildman–Crippen MR) is 116 cm³/mol. The van der Waals surface area contributed by atoms with Crippen LogP contribution in [0.15, 0.2) is 53.8 Å². The number of fused-ring (bicyclic) bond motifs is 1. The van der Waals surface area contributed by atoms with E-state index in [-0.39, 0.29) is 12.4 Å². The fourth-order valence-electron chi connectivity index (χ4n) is 3.56. The zero-order chi connectivity index (χ0) is 20.9. The quantitative estimate of drug-likeness (QED) is 0.499. The number of pyridine rings is 1. The third-order valence-electron chi connectivity index (χ3n) is 5.13. The Kier molecular flexibility index (Phi) is 5.88. The molecule has 3 aromatic rings. The van der Waals surface area contributed by atoms with Crippen LogP contribution in [0.5, 0.6) is 5.75 Å². The minimum absolute atomic E-state index is 0.200. The van der Waals surface area contributed by atoms with Gasteiger partial charge in [-0.1, -0.05) is 18.2 Å². The van der Waals surface area contributed by atoms with Crippen molar-refractivity contribution in [2.75, 3.05) is 24.6 Å². The van der Waals surface area contributed by atoms with Crippen molar-refractivity contribution in [2.45, 2.75) is 19.8 Å². The standard InChI is InChI=1S/C23H23FN4O2/c1-16-12-20(28-10-2-3-11-28)19(24)13-18(16)14-26-27-22(29)15-30-21-8-4-6-17-7-5-9-25-23(17)21/h4-9,12-14H,2-3,10-11,15H2,1H3,(H,27,29)/b26-14+. The van der Waals surface area contributed by atoms with Gasteiger partial charge in [-0.2, -0.15) is 5.10 Å². The van der Waals surface area contributed by atoms with Crippen LogP contribution in [0.25, 0.3) is 10.9 Å². The Labute approximate surface area is 174 Å². The molecule has 0 spiro atoms. The van der Waals surface area contributed by atoms with Crippen molar-refractivity contribution in [3.8, 4) is 5.75 Å². The highest BCUT2D eigenvalue weighted by molar-refractivity contribution is 5.86. The Bertz CT molecular complexity index is 1090. The SMILES string of the molecule is Cc1cc(N2CCCC2)c(F)cc1/C=N/NC(=O)COc1cccc2cccnc12. The zero-order valence-electron chi connectivity index (χ0n) is 16.8. The van der Waals surface area contributed by atoms with Crippen molar-refractivity contribution in [2.24, 2.45) is 5.10 Å². The van der Waals surface area contributed by atoms with Gasteiger partial charge in [-0.05, 0) is 49.6 Å². The summed E-state index contributed by atoms with van der Waals surface area (Å²) in [6, 6.07) is 12.6. The third kappa shape index (κ3) is 4.40. The summed E-state index contributed by atoms with van der Waals surface area (Å²) in [5.41, 5.74) is 5.26. The van der Waals surface area contributed by atoms with E-state index in [0.29, 0.717) is 22.5 Å². The summed E-state index contributed by atoms with van der Waals surface area (Å²) in [6.07, 6.45) is 5.30. The van der Waals surface area contributed by atoms with E-state index in [1.54, 1.807) is 12.3 Å². The highest BCUT2D eigenvalue weighted by Crippen LogP contribution is 2.26. The Morgan fingerprint density at radius 2 is 2.07 bits per heavy atom. The van der Waals surface area contributed by atoms with Crippen LogP contribution in [0, 0.1) is 12.7 Å². The maximum Gasteiger partial charge on any atom is 0.277 e. The molecule has 1 N–H and O–H groups in total. The van der Waals surface area contributed by atoms with Gasteiger partial charge in [0.1, 0.15) is 17.1 Å². The van der Waals surface area contributed by atoms with E-state index < -0.39 is 5.91 Å². The molecule has 7 heteroatoms. The predicted octanol–water partition coefficient (Wildman–Crippen LogP) is 3.81. The van der Waals surface area contributed by atoms with Crippen molar-refractivity contribution >= 4 is 28.7 Å². The van der Waals surface area contributed by atoms with E-state index in [1.165, 1.54) is 12.3 Å². The number of aryl methyl sites for hydroxylation is 1. The number of halogens is 1. The summed E-state index contributed by atoms with van der Waals surface area (Å²) in [5.74, 6) is -0.157. The number of amides is 1. The van der Waals surface area contributed by atoms with Gasteiger partial charge in [-0.3, -0.25) is 9.78 Å². The molecule has 1 aliphatic heterocycles. The molecule has 6 nitrogen and oxygen atoms in total. The first-order valence-corrected chi connectivity index (χ1v) is 9.95. The lowest BCUT2D eigenvalue weighted by molar-refractivity contribution is -0.123. The maximum atomic E-state index is 14.5. The number of nitrogens with zero attached hydrogens (tertiary/aromatic N) is 3. The second-order valence-corrected chi connectivity index (χ2v) is 7.27. The highest BCUT2D eigenvalue weighted by Gasteiger charge is 2.17. The molecule has 0 saturated carbocycles. The van der Waals surface area contributed by atoms with E-state index in [2.05, 4.69) is 20.4 Å². The fourth-order valence-corrected chi connectivity index (χ4v) is 3.56. The van der Waals surface area contributed by atoms with Crippen LogP contribution >= 0.6 is 0 Å². The smallest absolute Gasteiger partial charge is 0.277 e. The van der Waals surface area contributed by atoms with E-state index >= 15 is 0 Å². The number of hydrogen-bond donors (Lipinski definition) is 1. The molecule has 2 heterocycles. The second kappa shape index (κ2) is 8.90. The van der Waals surface area contributed by atoms with Crippen molar-refractivity contribution in [3.63, 3.8) is 0 Å². The molecule has 1 aliphatic rings. The average molecular weight is 406 g/mol. The normalized spacial score (nSPS) is 13.9. The monoisotopic (exact) mass is 406 g/mol. The van der Waals surface area contributed by atoms with Crippen LogP contribution < -0.4 is 15.1 Å². The summed E-state index contributed by atoms with van der Waals surface area (Å²) >= 11 is 0. The Balaban J connectivity index is 1.36. The number of anilines is 1. The fraction of sp³-hybridized carbons (Fsp3) is 0.261. The van der Waals surface area contributed by atoms with Gasteiger partial charge < -0.3 is 9.64 Å². The number of aromatic nitrogens is 1. The molecule has 1 amide bonds. The van der Waals surface area contributed by atoms with Gasteiger partial charge in [0.15, 0.2) is 6.61 Å². The number of benzene rings is 2. The molecule has 0 radical (unpaired) electrons. The first kappa shape index (κ1) is 19.8. The van der Waals surface area contributed by atoms with Gasteiger partial charge in [0.25, 0.3) is 5.91 Å². The van der Waals surface area contributed by atoms with E-state index in [1.807, 2.05) is 37.3 Å². The average Bonchev–Trinajstić information content (AvgIpc) is 3.29. The minimum Gasteiger partial charge on any atom is -0.481 e. The molecule has 4 rings (SSSR count). The summed E-state index contributed by atoms with van der Waals surface area (Å²) in [4.78, 5) is 18.4. The minimum atomic E-state index is -0.411. The maximum absolute atomic E-state index is 14.5. The summed E-state index contributed by atoms with van der Waals surface area (Å²) in [5, 5.41) is 4.88. The first-order chi connectivity index (χ1) is 14.6. The van der Waals surface area contributed by atoms with Crippen LogP contribution in [0.4, 0.5) is 10.1 Å². The van der Waals surface area contributed by atoms with Crippen LogP contribution in [-0.4, -0.2) is 36.8 Å². The summed E-state index contributed by atoms with van der Waals surface area (Å²) < 4.78 is 20.1. The van der Waals surface area contributed by atoms with Gasteiger partial charge >= 0.3 is 0 Å². The molecule has 1 aromatic heterocycles. The number of hydrazone groups is 1. The van der Waals surface area contributed by atoms with Crippen molar-refractivity contribution < 1.29 is 13.9 Å². The van der Waals surface area contributed by atoms with Crippen LogP contribution in [0.3, 0.4) is 0 Å². The topological polar surface area (TPSA) is 66.8 Å². The number of carbonyl (C=O) groups excluding carboxylic acids is 1. The van der Waals surface area contributed by atoms with Crippen molar-refractivity contribution in [1.29, 1.82) is 0 Å². The van der Waals surface area contributed by atoms with Gasteiger partial charge in [0.05, 0.1) is 11.9 Å². The number of rotatable bonds is 6. The van der Waals surface area contributed by atoms with Crippen LogP contribution in [-0.2, 0) is 4.79 Å². The molecule has 0 atom stereocenters. The van der Waals surface area contributed by atoms with Crippen LogP contribution in [0.2, 0.25) is 0 Å². The van der Waals surface area contributed by atoms with Gasteiger partial charge in [-0.15, -0.1) is 0 Å². The summed E-state index contributed by atoms with van der Waals surface area (Å²) in [6.45, 7) is 3.46. The van der Waals surface area contributed by atoms with Gasteiger partial charge in [0.2, 0.25) is 0 Å². The molecule has 1 saturated heterocycles. The molecule has 0 bridgehead atoms. The first-order valence-electron chi connectivity index (χ1n) is 9.95. The number of ether oxygens (including phenoxy) is 1. The lowest BCUT2D eigenvalue weighted by Gasteiger charge is -2.19. The largest absolute Gasteiger partial charge is 0.481 e. The Morgan fingerprint density at radius 3 is 2.90 bits per heavy atom. The van der Waals surface area contributed by atoms with E-state index in [4.69, 9.17) is 4.74 Å². The second-order valence-electron chi connectivity index (χ2n) is 7.27. The molecular weight excluding hydrogens is 383 g/mol. The molecule has 0 aliphatic carbocycles. The zero-order valence-corrected chi connectivity index (χ0v) is 16.8. The highest BCUT2D eigenvalue weighted by atomic mass is 19.1. The van der Waals surface area contributed by atoms with Crippen molar-refractivity contribution in [3.05, 3.63) is 65.6 Å². The molecule has 0 unspecified atom stereocenters. The Hall–Kier alpha value is -3.48. The molecule has 2 aromatic carbocycles.